The molecule has 0 N–H and O–H groups in total. The largest absolute Gasteiger partial charge is 0.420 e. The van der Waals surface area contributed by atoms with Gasteiger partial charge in [0, 0.05) is 15.1 Å². The maximum atomic E-state index is 6.06. The molecule has 0 bridgehead atoms. The van der Waals surface area contributed by atoms with Crippen LogP contribution in [0.5, 0.6) is 0 Å². The van der Waals surface area contributed by atoms with Crippen molar-refractivity contribution in [2.45, 2.75) is 10.9 Å². The summed E-state index contributed by atoms with van der Waals surface area (Å²) in [6.07, 6.45) is 1.65. The molecule has 4 aromatic rings. The molecule has 0 spiro atoms. The molecule has 0 radical (unpaired) electrons. The van der Waals surface area contributed by atoms with Gasteiger partial charge in [0.15, 0.2) is 5.16 Å². The molecule has 0 saturated heterocycles. The van der Waals surface area contributed by atoms with Gasteiger partial charge < -0.3 is 4.42 Å². The summed E-state index contributed by atoms with van der Waals surface area (Å²) in [5.74, 6) is 1.50. The van der Waals surface area contributed by atoms with Crippen LogP contribution >= 0.6 is 39.3 Å². The monoisotopic (exact) mass is 447 g/mol. The molecule has 0 fully saturated rings. The maximum Gasteiger partial charge on any atom is 0.247 e. The molecule has 0 aliphatic carbocycles. The van der Waals surface area contributed by atoms with Crippen LogP contribution in [-0.2, 0) is 5.75 Å². The van der Waals surface area contributed by atoms with Crippen LogP contribution in [0.1, 0.15) is 5.89 Å². The van der Waals surface area contributed by atoms with E-state index in [0.717, 1.165) is 20.9 Å². The number of hydrogen-bond donors (Lipinski definition) is 0. The highest BCUT2D eigenvalue weighted by Crippen LogP contribution is 2.26. The van der Waals surface area contributed by atoms with Crippen molar-refractivity contribution in [2.75, 3.05) is 0 Å². The normalized spacial score (nSPS) is 11.0. The molecule has 2 heterocycles. The van der Waals surface area contributed by atoms with E-state index in [9.17, 15) is 0 Å². The second-order valence-electron chi connectivity index (χ2n) is 5.26. The Morgan fingerprint density at radius 3 is 2.73 bits per heavy atom. The molecule has 4 rings (SSSR count). The number of aromatic nitrogens is 5. The van der Waals surface area contributed by atoms with Gasteiger partial charge in [-0.3, -0.25) is 4.57 Å². The van der Waals surface area contributed by atoms with Crippen molar-refractivity contribution in [3.8, 4) is 17.1 Å². The van der Waals surface area contributed by atoms with Crippen LogP contribution in [0.4, 0.5) is 0 Å². The quantitative estimate of drug-likeness (QED) is 0.399. The fourth-order valence-electron chi connectivity index (χ4n) is 2.27. The highest BCUT2D eigenvalue weighted by Gasteiger charge is 2.12. The van der Waals surface area contributed by atoms with E-state index in [1.165, 1.54) is 11.8 Å². The summed E-state index contributed by atoms with van der Waals surface area (Å²) in [5.41, 5.74) is 1.77. The zero-order valence-electron chi connectivity index (χ0n) is 13.2. The SMILES string of the molecule is Clc1cccc(-n2cnnc2SCc2nnc(-c3ccc(Br)cc3)o2)c1. The van der Waals surface area contributed by atoms with Crippen molar-refractivity contribution >= 4 is 39.3 Å². The van der Waals surface area contributed by atoms with E-state index < -0.39 is 0 Å². The lowest BCUT2D eigenvalue weighted by Crippen LogP contribution is -1.95. The minimum atomic E-state index is 0.489. The minimum absolute atomic E-state index is 0.489. The third kappa shape index (κ3) is 3.82. The molecule has 2 aromatic heterocycles. The van der Waals surface area contributed by atoms with E-state index >= 15 is 0 Å². The Hall–Kier alpha value is -2.16. The van der Waals surface area contributed by atoms with Gasteiger partial charge >= 0.3 is 0 Å². The molecule has 0 aliphatic rings. The molecule has 0 atom stereocenters. The zero-order valence-corrected chi connectivity index (χ0v) is 16.4. The van der Waals surface area contributed by atoms with Crippen LogP contribution < -0.4 is 0 Å². The lowest BCUT2D eigenvalue weighted by molar-refractivity contribution is 0.528. The molecule has 0 saturated carbocycles. The minimum Gasteiger partial charge on any atom is -0.420 e. The molecule has 0 unspecified atom stereocenters. The van der Waals surface area contributed by atoms with Crippen molar-refractivity contribution in [1.29, 1.82) is 0 Å². The van der Waals surface area contributed by atoms with Crippen molar-refractivity contribution in [2.24, 2.45) is 0 Å². The van der Waals surface area contributed by atoms with Gasteiger partial charge in [-0.2, -0.15) is 0 Å². The Morgan fingerprint density at radius 1 is 1.08 bits per heavy atom. The average Bonchev–Trinajstić information content (AvgIpc) is 3.30. The van der Waals surface area contributed by atoms with Crippen LogP contribution in [0, 0.1) is 0 Å². The summed E-state index contributed by atoms with van der Waals surface area (Å²) in [6.45, 7) is 0. The topological polar surface area (TPSA) is 69.6 Å². The molecule has 130 valence electrons. The lowest BCUT2D eigenvalue weighted by Gasteiger charge is -2.05. The zero-order chi connectivity index (χ0) is 17.9. The second kappa shape index (κ2) is 7.61. The molecule has 0 amide bonds. The summed E-state index contributed by atoms with van der Waals surface area (Å²) in [5, 5.41) is 17.7. The van der Waals surface area contributed by atoms with Gasteiger partial charge in [0.05, 0.1) is 11.4 Å². The van der Waals surface area contributed by atoms with E-state index in [0.29, 0.717) is 22.6 Å². The third-order valence-electron chi connectivity index (χ3n) is 3.49. The first-order valence-electron chi connectivity index (χ1n) is 7.56. The van der Waals surface area contributed by atoms with Crippen molar-refractivity contribution in [3.05, 3.63) is 70.2 Å². The number of benzene rings is 2. The van der Waals surface area contributed by atoms with Crippen molar-refractivity contribution in [3.63, 3.8) is 0 Å². The number of thioether (sulfide) groups is 1. The lowest BCUT2D eigenvalue weighted by atomic mass is 10.2. The Bertz CT molecular complexity index is 1030. The van der Waals surface area contributed by atoms with Gasteiger partial charge in [0.25, 0.3) is 0 Å². The summed E-state index contributed by atoms with van der Waals surface area (Å²) >= 11 is 10.9. The van der Waals surface area contributed by atoms with Gasteiger partial charge in [0.1, 0.15) is 6.33 Å². The number of rotatable bonds is 5. The standard InChI is InChI=1S/C17H11BrClN5OS/c18-12-6-4-11(5-7-12)16-22-21-15(25-16)9-26-17-23-20-10-24(17)14-3-1-2-13(19)8-14/h1-8,10H,9H2. The second-order valence-corrected chi connectivity index (χ2v) is 7.55. The Morgan fingerprint density at radius 2 is 1.92 bits per heavy atom. The molecule has 6 nitrogen and oxygen atoms in total. The van der Waals surface area contributed by atoms with Gasteiger partial charge in [-0.1, -0.05) is 45.4 Å². The molecule has 9 heteroatoms. The fraction of sp³-hybridized carbons (Fsp3) is 0.0588. The van der Waals surface area contributed by atoms with E-state index in [1.54, 1.807) is 6.33 Å². The first kappa shape index (κ1) is 17.3. The fourth-order valence-corrected chi connectivity index (χ4v) is 3.49. The van der Waals surface area contributed by atoms with Crippen LogP contribution in [-0.4, -0.2) is 25.0 Å². The maximum absolute atomic E-state index is 6.06. The smallest absolute Gasteiger partial charge is 0.247 e. The first-order valence-corrected chi connectivity index (χ1v) is 9.72. The van der Waals surface area contributed by atoms with Crippen LogP contribution in [0.25, 0.3) is 17.1 Å². The number of hydrogen-bond acceptors (Lipinski definition) is 6. The van der Waals surface area contributed by atoms with E-state index in [4.69, 9.17) is 16.0 Å². The number of halogens is 2. The summed E-state index contributed by atoms with van der Waals surface area (Å²) in [4.78, 5) is 0. The predicted molar refractivity (Wildman–Crippen MR) is 103 cm³/mol. The highest BCUT2D eigenvalue weighted by molar-refractivity contribution is 9.10. The van der Waals surface area contributed by atoms with Crippen molar-refractivity contribution in [1.82, 2.24) is 25.0 Å². The van der Waals surface area contributed by atoms with Gasteiger partial charge in [0.2, 0.25) is 11.8 Å². The van der Waals surface area contributed by atoms with Crippen molar-refractivity contribution < 1.29 is 4.42 Å². The Balaban J connectivity index is 1.49. The molecule has 2 aromatic carbocycles. The Kier molecular flexibility index (Phi) is 5.05. The van der Waals surface area contributed by atoms with Gasteiger partial charge in [-0.15, -0.1) is 20.4 Å². The molecular formula is C17H11BrClN5OS. The first-order chi connectivity index (χ1) is 12.7. The molecule has 0 aliphatic heterocycles. The van der Waals surface area contributed by atoms with Crippen LogP contribution in [0.3, 0.4) is 0 Å². The van der Waals surface area contributed by atoms with Crippen LogP contribution in [0.15, 0.2) is 68.9 Å². The Labute approximate surface area is 166 Å². The summed E-state index contributed by atoms with van der Waals surface area (Å²) in [6, 6.07) is 15.2. The average molecular weight is 449 g/mol. The van der Waals surface area contributed by atoms with E-state index in [1.807, 2.05) is 53.1 Å². The van der Waals surface area contributed by atoms with E-state index in [-0.39, 0.29) is 0 Å². The van der Waals surface area contributed by atoms with Gasteiger partial charge in [-0.25, -0.2) is 0 Å². The van der Waals surface area contributed by atoms with Gasteiger partial charge in [-0.05, 0) is 42.5 Å². The van der Waals surface area contributed by atoms with E-state index in [2.05, 4.69) is 36.3 Å². The predicted octanol–water partition coefficient (Wildman–Crippen LogP) is 5.03. The summed E-state index contributed by atoms with van der Waals surface area (Å²) in [7, 11) is 0. The molecule has 26 heavy (non-hydrogen) atoms. The summed E-state index contributed by atoms with van der Waals surface area (Å²) < 4.78 is 8.60. The molecular weight excluding hydrogens is 438 g/mol. The highest BCUT2D eigenvalue weighted by atomic mass is 79.9. The number of nitrogens with zero attached hydrogens (tertiary/aromatic N) is 5. The van der Waals surface area contributed by atoms with Crippen LogP contribution in [0.2, 0.25) is 5.02 Å². The third-order valence-corrected chi connectivity index (χ3v) is 5.18.